The maximum atomic E-state index is 12.4. The van der Waals surface area contributed by atoms with Crippen LogP contribution in [0, 0.1) is 0 Å². The number of amides is 1. The van der Waals surface area contributed by atoms with Crippen molar-refractivity contribution in [1.29, 1.82) is 0 Å². The van der Waals surface area contributed by atoms with Crippen molar-refractivity contribution in [2.24, 2.45) is 0 Å². The zero-order chi connectivity index (χ0) is 18.5. The Bertz CT molecular complexity index is 783. The average Bonchev–Trinajstić information content (AvgIpc) is 3.22. The fourth-order valence-electron chi connectivity index (χ4n) is 3.59. The zero-order valence-electron chi connectivity index (χ0n) is 15.5. The third kappa shape index (κ3) is 4.62. The van der Waals surface area contributed by atoms with E-state index in [1.165, 1.54) is 43.7 Å². The van der Waals surface area contributed by atoms with Crippen molar-refractivity contribution in [1.82, 2.24) is 10.2 Å². The van der Waals surface area contributed by atoms with Gasteiger partial charge in [-0.25, -0.2) is 0 Å². The summed E-state index contributed by atoms with van der Waals surface area (Å²) in [5.74, 6) is 1.58. The third-order valence-electron chi connectivity index (χ3n) is 5.04. The molecule has 1 fully saturated rings. The largest absolute Gasteiger partial charge is 0.486 e. The molecule has 2 aromatic rings. The molecule has 27 heavy (non-hydrogen) atoms. The van der Waals surface area contributed by atoms with E-state index in [4.69, 9.17) is 9.47 Å². The Hall–Kier alpha value is -2.05. The molecule has 2 aliphatic heterocycles. The molecular weight excluding hydrogens is 360 g/mol. The van der Waals surface area contributed by atoms with Crippen molar-refractivity contribution in [2.45, 2.75) is 25.7 Å². The van der Waals surface area contributed by atoms with Gasteiger partial charge in [0.1, 0.15) is 13.2 Å². The zero-order valence-corrected chi connectivity index (χ0v) is 16.4. The number of hydrogen-bond donors (Lipinski definition) is 1. The number of carbonyl (C=O) groups excluding carboxylic acids is 1. The van der Waals surface area contributed by atoms with Gasteiger partial charge in [-0.05, 0) is 74.8 Å². The van der Waals surface area contributed by atoms with Crippen molar-refractivity contribution >= 4 is 17.2 Å². The first-order valence-electron chi connectivity index (χ1n) is 9.80. The highest BCUT2D eigenvalue weighted by atomic mass is 32.1. The van der Waals surface area contributed by atoms with E-state index < -0.39 is 0 Å². The van der Waals surface area contributed by atoms with Gasteiger partial charge in [-0.3, -0.25) is 4.79 Å². The Balaban J connectivity index is 1.30. The van der Waals surface area contributed by atoms with Crippen LogP contribution < -0.4 is 14.8 Å². The second-order valence-corrected chi connectivity index (χ2v) is 8.12. The number of fused-ring (bicyclic) bond motifs is 1. The maximum absolute atomic E-state index is 12.4. The molecule has 1 amide bonds. The molecule has 0 spiro atoms. The molecule has 2 aliphatic rings. The van der Waals surface area contributed by atoms with Gasteiger partial charge in [-0.1, -0.05) is 6.42 Å². The van der Waals surface area contributed by atoms with E-state index in [2.05, 4.69) is 10.2 Å². The van der Waals surface area contributed by atoms with Gasteiger partial charge in [-0.15, -0.1) is 11.3 Å². The van der Waals surface area contributed by atoms with Crippen molar-refractivity contribution in [3.05, 3.63) is 35.2 Å². The molecule has 1 saturated heterocycles. The predicted octanol–water partition coefficient (Wildman–Crippen LogP) is 3.79. The van der Waals surface area contributed by atoms with E-state index in [1.807, 2.05) is 30.3 Å². The van der Waals surface area contributed by atoms with Crippen molar-refractivity contribution in [3.8, 4) is 21.9 Å². The van der Waals surface area contributed by atoms with E-state index in [0.717, 1.165) is 46.3 Å². The summed E-state index contributed by atoms with van der Waals surface area (Å²) in [7, 11) is 0. The van der Waals surface area contributed by atoms with Gasteiger partial charge in [0.2, 0.25) is 0 Å². The maximum Gasteiger partial charge on any atom is 0.261 e. The highest BCUT2D eigenvalue weighted by Gasteiger charge is 2.15. The van der Waals surface area contributed by atoms with Crippen LogP contribution in [0.15, 0.2) is 30.3 Å². The van der Waals surface area contributed by atoms with E-state index >= 15 is 0 Å². The van der Waals surface area contributed by atoms with Crippen LogP contribution in [0.3, 0.4) is 0 Å². The van der Waals surface area contributed by atoms with Crippen LogP contribution in [-0.4, -0.2) is 50.2 Å². The number of hydrogen-bond acceptors (Lipinski definition) is 5. The fourth-order valence-corrected chi connectivity index (χ4v) is 4.51. The van der Waals surface area contributed by atoms with E-state index in [9.17, 15) is 4.79 Å². The molecule has 0 radical (unpaired) electrons. The molecule has 6 heteroatoms. The van der Waals surface area contributed by atoms with Crippen LogP contribution in [0.5, 0.6) is 11.5 Å². The molecule has 144 valence electrons. The number of nitrogens with one attached hydrogen (secondary N) is 1. The van der Waals surface area contributed by atoms with Gasteiger partial charge in [0.05, 0.1) is 4.88 Å². The van der Waals surface area contributed by atoms with E-state index in [-0.39, 0.29) is 5.91 Å². The lowest BCUT2D eigenvalue weighted by atomic mass is 10.1. The highest BCUT2D eigenvalue weighted by molar-refractivity contribution is 7.17. The topological polar surface area (TPSA) is 50.8 Å². The minimum absolute atomic E-state index is 0.0161. The minimum atomic E-state index is 0.0161. The molecule has 0 atom stereocenters. The molecule has 1 aromatic carbocycles. The number of benzene rings is 1. The number of likely N-dealkylation sites (tertiary alicyclic amines) is 1. The standard InChI is InChI=1S/C21H26N2O3S/c24-21(22-9-4-12-23-10-2-1-3-11-23)20-8-7-19(27-20)16-5-6-17-18(15-16)26-14-13-25-17/h5-8,15H,1-4,9-14H2,(H,22,24). The number of carbonyl (C=O) groups is 1. The average molecular weight is 387 g/mol. The molecular formula is C21H26N2O3S. The summed E-state index contributed by atoms with van der Waals surface area (Å²) in [6, 6.07) is 9.83. The molecule has 4 rings (SSSR count). The minimum Gasteiger partial charge on any atom is -0.486 e. The first-order valence-corrected chi connectivity index (χ1v) is 10.6. The van der Waals surface area contributed by atoms with Crippen molar-refractivity contribution in [3.63, 3.8) is 0 Å². The number of rotatable bonds is 6. The number of nitrogens with zero attached hydrogens (tertiary/aromatic N) is 1. The number of ether oxygens (including phenoxy) is 2. The van der Waals surface area contributed by atoms with Crippen molar-refractivity contribution < 1.29 is 14.3 Å². The second-order valence-electron chi connectivity index (χ2n) is 7.03. The van der Waals surface area contributed by atoms with Crippen LogP contribution in [0.25, 0.3) is 10.4 Å². The summed E-state index contributed by atoms with van der Waals surface area (Å²) in [6.45, 7) is 5.38. The summed E-state index contributed by atoms with van der Waals surface area (Å²) in [4.78, 5) is 16.7. The van der Waals surface area contributed by atoms with Crippen LogP contribution in [0.4, 0.5) is 0 Å². The summed E-state index contributed by atoms with van der Waals surface area (Å²) < 4.78 is 11.2. The van der Waals surface area contributed by atoms with E-state index in [1.54, 1.807) is 0 Å². The molecule has 5 nitrogen and oxygen atoms in total. The summed E-state index contributed by atoms with van der Waals surface area (Å²) in [6.07, 6.45) is 4.98. The lowest BCUT2D eigenvalue weighted by Gasteiger charge is -2.26. The molecule has 0 aliphatic carbocycles. The molecule has 0 saturated carbocycles. The summed E-state index contributed by atoms with van der Waals surface area (Å²) in [5, 5.41) is 3.05. The highest BCUT2D eigenvalue weighted by Crippen LogP contribution is 2.36. The molecule has 1 N–H and O–H groups in total. The number of piperidine rings is 1. The fraction of sp³-hybridized carbons (Fsp3) is 0.476. The Morgan fingerprint density at radius 2 is 1.85 bits per heavy atom. The van der Waals surface area contributed by atoms with Gasteiger partial charge >= 0.3 is 0 Å². The smallest absolute Gasteiger partial charge is 0.261 e. The third-order valence-corrected chi connectivity index (χ3v) is 6.17. The quantitative estimate of drug-likeness (QED) is 0.768. The SMILES string of the molecule is O=C(NCCCN1CCCCC1)c1ccc(-c2ccc3c(c2)OCCO3)s1. The summed E-state index contributed by atoms with van der Waals surface area (Å²) in [5.41, 5.74) is 1.05. The monoisotopic (exact) mass is 386 g/mol. The predicted molar refractivity (Wildman–Crippen MR) is 108 cm³/mol. The first-order chi connectivity index (χ1) is 13.3. The molecule has 0 unspecified atom stereocenters. The van der Waals surface area contributed by atoms with Crippen LogP contribution in [-0.2, 0) is 0 Å². The molecule has 1 aromatic heterocycles. The summed E-state index contributed by atoms with van der Waals surface area (Å²) >= 11 is 1.51. The second kappa shape index (κ2) is 8.76. The normalized spacial score (nSPS) is 16.9. The Morgan fingerprint density at radius 1 is 1.04 bits per heavy atom. The molecule has 0 bridgehead atoms. The van der Waals surface area contributed by atoms with Gasteiger partial charge in [0, 0.05) is 11.4 Å². The van der Waals surface area contributed by atoms with Gasteiger partial charge in [-0.2, -0.15) is 0 Å². The Kier molecular flexibility index (Phi) is 5.94. The van der Waals surface area contributed by atoms with Crippen LogP contribution in [0.2, 0.25) is 0 Å². The Morgan fingerprint density at radius 3 is 2.70 bits per heavy atom. The van der Waals surface area contributed by atoms with Crippen molar-refractivity contribution in [2.75, 3.05) is 39.4 Å². The first kappa shape index (κ1) is 18.3. The van der Waals surface area contributed by atoms with Gasteiger partial charge in [0.15, 0.2) is 11.5 Å². The lowest BCUT2D eigenvalue weighted by molar-refractivity contribution is 0.0955. The molecule has 3 heterocycles. The van der Waals surface area contributed by atoms with Gasteiger partial charge < -0.3 is 19.7 Å². The number of thiophene rings is 1. The van der Waals surface area contributed by atoms with Crippen LogP contribution in [0.1, 0.15) is 35.4 Å². The lowest BCUT2D eigenvalue weighted by Crippen LogP contribution is -2.33. The van der Waals surface area contributed by atoms with Gasteiger partial charge in [0.25, 0.3) is 5.91 Å². The van der Waals surface area contributed by atoms with E-state index in [0.29, 0.717) is 13.2 Å². The van der Waals surface area contributed by atoms with Crippen LogP contribution >= 0.6 is 11.3 Å². The Labute approximate surface area is 164 Å².